The molecule has 2 rings (SSSR count). The van der Waals surface area contributed by atoms with Gasteiger partial charge in [-0.2, -0.15) is 0 Å². The van der Waals surface area contributed by atoms with Gasteiger partial charge in [0.15, 0.2) is 0 Å². The van der Waals surface area contributed by atoms with Crippen LogP contribution in [0.3, 0.4) is 0 Å². The normalized spacial score (nSPS) is 11.6. The summed E-state index contributed by atoms with van der Waals surface area (Å²) >= 11 is 1.41. The van der Waals surface area contributed by atoms with Crippen molar-refractivity contribution < 1.29 is 14.7 Å². The van der Waals surface area contributed by atoms with Crippen LogP contribution in [0.1, 0.15) is 5.56 Å². The summed E-state index contributed by atoms with van der Waals surface area (Å²) in [6.07, 6.45) is 0.181. The SMILES string of the molecule is O=C(Cc1ccccc1)NC(CSc1ccccc1)C(=O)O. The zero-order chi connectivity index (χ0) is 15.8. The summed E-state index contributed by atoms with van der Waals surface area (Å²) in [6.45, 7) is 0. The molecular formula is C17H17NO3S. The Kier molecular flexibility index (Phi) is 6.03. The van der Waals surface area contributed by atoms with E-state index in [1.807, 2.05) is 60.7 Å². The zero-order valence-electron chi connectivity index (χ0n) is 11.9. The average molecular weight is 315 g/mol. The summed E-state index contributed by atoms with van der Waals surface area (Å²) in [7, 11) is 0. The van der Waals surface area contributed by atoms with Crippen molar-refractivity contribution >= 4 is 23.6 Å². The highest BCUT2D eigenvalue weighted by Crippen LogP contribution is 2.18. The van der Waals surface area contributed by atoms with Gasteiger partial charge in [-0.1, -0.05) is 48.5 Å². The van der Waals surface area contributed by atoms with Crippen molar-refractivity contribution in [1.29, 1.82) is 0 Å². The molecule has 2 aromatic carbocycles. The second kappa shape index (κ2) is 8.24. The summed E-state index contributed by atoms with van der Waals surface area (Å²) in [5, 5.41) is 11.8. The van der Waals surface area contributed by atoms with E-state index in [1.54, 1.807) is 0 Å². The number of aliphatic carboxylic acids is 1. The monoisotopic (exact) mass is 315 g/mol. The van der Waals surface area contributed by atoms with E-state index in [2.05, 4.69) is 5.32 Å². The first kappa shape index (κ1) is 16.1. The van der Waals surface area contributed by atoms with Crippen molar-refractivity contribution in [3.63, 3.8) is 0 Å². The van der Waals surface area contributed by atoms with Gasteiger partial charge in [-0.05, 0) is 17.7 Å². The largest absolute Gasteiger partial charge is 0.480 e. The van der Waals surface area contributed by atoms with Crippen LogP contribution in [0.25, 0.3) is 0 Å². The number of hydrogen-bond donors (Lipinski definition) is 2. The van der Waals surface area contributed by atoms with Gasteiger partial charge in [0.1, 0.15) is 6.04 Å². The number of carboxylic acid groups (broad SMARTS) is 1. The standard InChI is InChI=1S/C17H17NO3S/c19-16(11-13-7-3-1-4-8-13)18-15(17(20)21)12-22-14-9-5-2-6-10-14/h1-10,15H,11-12H2,(H,18,19)(H,20,21). The Morgan fingerprint density at radius 1 is 1.00 bits per heavy atom. The highest BCUT2D eigenvalue weighted by molar-refractivity contribution is 7.99. The van der Waals surface area contributed by atoms with Crippen LogP contribution >= 0.6 is 11.8 Å². The van der Waals surface area contributed by atoms with E-state index in [0.717, 1.165) is 10.5 Å². The Bertz CT molecular complexity index is 616. The smallest absolute Gasteiger partial charge is 0.327 e. The van der Waals surface area contributed by atoms with E-state index in [9.17, 15) is 14.7 Å². The van der Waals surface area contributed by atoms with Gasteiger partial charge in [0.2, 0.25) is 5.91 Å². The Morgan fingerprint density at radius 2 is 1.59 bits per heavy atom. The molecule has 4 nitrogen and oxygen atoms in total. The lowest BCUT2D eigenvalue weighted by atomic mass is 10.1. The molecule has 0 aliphatic rings. The maximum atomic E-state index is 12.0. The molecule has 0 spiro atoms. The van der Waals surface area contributed by atoms with E-state index < -0.39 is 12.0 Å². The molecule has 1 atom stereocenters. The van der Waals surface area contributed by atoms with Gasteiger partial charge in [-0.25, -0.2) is 4.79 Å². The number of benzene rings is 2. The fourth-order valence-electron chi connectivity index (χ4n) is 1.90. The van der Waals surface area contributed by atoms with Gasteiger partial charge in [0.25, 0.3) is 0 Å². The number of carbonyl (C=O) groups is 2. The van der Waals surface area contributed by atoms with Crippen molar-refractivity contribution in [3.05, 3.63) is 66.2 Å². The van der Waals surface area contributed by atoms with Gasteiger partial charge in [-0.3, -0.25) is 4.79 Å². The number of thioether (sulfide) groups is 1. The molecule has 0 aliphatic heterocycles. The topological polar surface area (TPSA) is 66.4 Å². The minimum atomic E-state index is -1.02. The zero-order valence-corrected chi connectivity index (χ0v) is 12.8. The van der Waals surface area contributed by atoms with Crippen LogP contribution in [0.4, 0.5) is 0 Å². The van der Waals surface area contributed by atoms with Crippen molar-refractivity contribution in [3.8, 4) is 0 Å². The molecule has 0 fully saturated rings. The number of rotatable bonds is 7. The van der Waals surface area contributed by atoms with Gasteiger partial charge in [0.05, 0.1) is 6.42 Å². The van der Waals surface area contributed by atoms with Gasteiger partial charge >= 0.3 is 5.97 Å². The Labute approximate surface area is 133 Å². The predicted molar refractivity (Wildman–Crippen MR) is 86.9 cm³/mol. The third-order valence-electron chi connectivity index (χ3n) is 3.00. The third kappa shape index (κ3) is 5.26. The molecule has 2 N–H and O–H groups in total. The Balaban J connectivity index is 1.88. The maximum absolute atomic E-state index is 12.0. The van der Waals surface area contributed by atoms with E-state index in [4.69, 9.17) is 0 Å². The second-order valence-corrected chi connectivity index (χ2v) is 5.84. The summed E-state index contributed by atoms with van der Waals surface area (Å²) in [5.41, 5.74) is 0.861. The van der Waals surface area contributed by atoms with Gasteiger partial charge in [0, 0.05) is 10.6 Å². The predicted octanol–water partition coefficient (Wildman–Crippen LogP) is 2.59. The van der Waals surface area contributed by atoms with Gasteiger partial charge in [-0.15, -0.1) is 11.8 Å². The minimum absolute atomic E-state index is 0.181. The summed E-state index contributed by atoms with van der Waals surface area (Å²) in [6, 6.07) is 17.9. The number of nitrogens with one attached hydrogen (secondary N) is 1. The van der Waals surface area contributed by atoms with Crippen LogP contribution in [-0.2, 0) is 16.0 Å². The lowest BCUT2D eigenvalue weighted by Gasteiger charge is -2.14. The van der Waals surface area contributed by atoms with E-state index in [-0.39, 0.29) is 12.3 Å². The molecule has 0 bridgehead atoms. The first-order valence-corrected chi connectivity index (χ1v) is 7.87. The molecule has 1 unspecified atom stereocenters. The molecule has 114 valence electrons. The molecule has 1 amide bonds. The molecule has 0 saturated heterocycles. The second-order valence-electron chi connectivity index (χ2n) is 4.74. The molecule has 0 aliphatic carbocycles. The molecule has 2 aromatic rings. The number of hydrogen-bond acceptors (Lipinski definition) is 3. The fraction of sp³-hybridized carbons (Fsp3) is 0.176. The van der Waals surface area contributed by atoms with Crippen LogP contribution in [0, 0.1) is 0 Å². The maximum Gasteiger partial charge on any atom is 0.327 e. The third-order valence-corrected chi connectivity index (χ3v) is 4.11. The van der Waals surface area contributed by atoms with Crippen LogP contribution in [-0.4, -0.2) is 28.8 Å². The lowest BCUT2D eigenvalue weighted by Crippen LogP contribution is -2.43. The summed E-state index contributed by atoms with van der Waals surface area (Å²) < 4.78 is 0. The molecule has 5 heteroatoms. The molecule has 0 radical (unpaired) electrons. The first-order chi connectivity index (χ1) is 10.6. The van der Waals surface area contributed by atoms with Crippen LogP contribution in [0.5, 0.6) is 0 Å². The number of carboxylic acids is 1. The van der Waals surface area contributed by atoms with Crippen LogP contribution < -0.4 is 5.32 Å². The summed E-state index contributed by atoms with van der Waals surface area (Å²) in [4.78, 5) is 24.2. The minimum Gasteiger partial charge on any atom is -0.480 e. The van der Waals surface area contributed by atoms with Crippen LogP contribution in [0.2, 0.25) is 0 Å². The Morgan fingerprint density at radius 3 is 2.18 bits per heavy atom. The Hall–Kier alpha value is -2.27. The molecular weight excluding hydrogens is 298 g/mol. The average Bonchev–Trinajstić information content (AvgIpc) is 2.53. The molecule has 0 heterocycles. The van der Waals surface area contributed by atoms with Crippen LogP contribution in [0.15, 0.2) is 65.6 Å². The highest BCUT2D eigenvalue weighted by Gasteiger charge is 2.20. The summed E-state index contributed by atoms with van der Waals surface area (Å²) in [5.74, 6) is -1.02. The quantitative estimate of drug-likeness (QED) is 0.771. The fourth-order valence-corrected chi connectivity index (χ4v) is 2.83. The van der Waals surface area contributed by atoms with Crippen molar-refractivity contribution in [2.45, 2.75) is 17.4 Å². The number of amides is 1. The lowest BCUT2D eigenvalue weighted by molar-refractivity contribution is -0.141. The molecule has 0 aromatic heterocycles. The number of carbonyl (C=O) groups excluding carboxylic acids is 1. The highest BCUT2D eigenvalue weighted by atomic mass is 32.2. The van der Waals surface area contributed by atoms with E-state index in [1.165, 1.54) is 11.8 Å². The van der Waals surface area contributed by atoms with E-state index in [0.29, 0.717) is 5.75 Å². The van der Waals surface area contributed by atoms with E-state index >= 15 is 0 Å². The van der Waals surface area contributed by atoms with Crippen molar-refractivity contribution in [2.24, 2.45) is 0 Å². The molecule has 0 saturated carbocycles. The van der Waals surface area contributed by atoms with Crippen molar-refractivity contribution in [2.75, 3.05) is 5.75 Å². The van der Waals surface area contributed by atoms with Gasteiger partial charge < -0.3 is 10.4 Å². The van der Waals surface area contributed by atoms with Crippen molar-refractivity contribution in [1.82, 2.24) is 5.32 Å². The molecule has 22 heavy (non-hydrogen) atoms. The first-order valence-electron chi connectivity index (χ1n) is 6.89.